The van der Waals surface area contributed by atoms with Crippen LogP contribution in [0.25, 0.3) is 0 Å². The van der Waals surface area contributed by atoms with Crippen molar-refractivity contribution in [3.8, 4) is 5.75 Å². The number of aromatic nitrogens is 1. The van der Waals surface area contributed by atoms with Gasteiger partial charge in [-0.1, -0.05) is 30.3 Å². The summed E-state index contributed by atoms with van der Waals surface area (Å²) in [5, 5.41) is 3.97. The summed E-state index contributed by atoms with van der Waals surface area (Å²) in [6.45, 7) is 2.39. The van der Waals surface area contributed by atoms with E-state index in [2.05, 4.69) is 15.5 Å². The number of ether oxygens (including phenoxy) is 1. The van der Waals surface area contributed by atoms with E-state index in [1.165, 1.54) is 6.20 Å². The summed E-state index contributed by atoms with van der Waals surface area (Å²) < 4.78 is 5.74. The number of carbonyl (C=O) groups is 1. The molecule has 0 bridgehead atoms. The first-order chi connectivity index (χ1) is 12.7. The molecule has 2 aromatic carbocycles. The molecule has 3 aromatic rings. The summed E-state index contributed by atoms with van der Waals surface area (Å²) in [6, 6.07) is 21.0. The van der Waals surface area contributed by atoms with Crippen LogP contribution in [0.4, 0.5) is 0 Å². The predicted molar refractivity (Wildman–Crippen MR) is 101 cm³/mol. The molecular formula is C21H19N3O2. The van der Waals surface area contributed by atoms with Crippen molar-refractivity contribution in [2.45, 2.75) is 13.5 Å². The number of hydrazone groups is 1. The smallest absolute Gasteiger partial charge is 0.272 e. The molecule has 130 valence electrons. The largest absolute Gasteiger partial charge is 0.489 e. The Balaban J connectivity index is 1.51. The average molecular weight is 345 g/mol. The van der Waals surface area contributed by atoms with Gasteiger partial charge < -0.3 is 4.74 Å². The van der Waals surface area contributed by atoms with Gasteiger partial charge in [0.1, 0.15) is 12.4 Å². The Kier molecular flexibility index (Phi) is 5.72. The van der Waals surface area contributed by atoms with Crippen LogP contribution in [-0.4, -0.2) is 17.1 Å². The Morgan fingerprint density at radius 3 is 2.54 bits per heavy atom. The lowest BCUT2D eigenvalue weighted by Crippen LogP contribution is -2.17. The summed E-state index contributed by atoms with van der Waals surface area (Å²) in [6.07, 6.45) is 3.11. The molecule has 1 N–H and O–H groups in total. The van der Waals surface area contributed by atoms with Gasteiger partial charge in [0.25, 0.3) is 5.91 Å². The molecule has 3 rings (SSSR count). The van der Waals surface area contributed by atoms with Gasteiger partial charge in [0.05, 0.1) is 11.8 Å². The molecule has 0 radical (unpaired) electrons. The summed E-state index contributed by atoms with van der Waals surface area (Å²) in [7, 11) is 0. The predicted octanol–water partition coefficient (Wildman–Crippen LogP) is 3.73. The van der Waals surface area contributed by atoms with Crippen LogP contribution in [-0.2, 0) is 6.61 Å². The minimum atomic E-state index is -0.295. The van der Waals surface area contributed by atoms with Crippen molar-refractivity contribution in [2.24, 2.45) is 5.10 Å². The molecule has 0 atom stereocenters. The van der Waals surface area contributed by atoms with Crippen molar-refractivity contribution in [3.05, 3.63) is 95.3 Å². The van der Waals surface area contributed by atoms with Gasteiger partial charge >= 0.3 is 0 Å². The monoisotopic (exact) mass is 345 g/mol. The maximum absolute atomic E-state index is 11.9. The standard InChI is InChI=1S/C21H19N3O2/c1-16-7-10-19(14-22-16)21(25)24-23-13-17-8-11-20(12-9-17)26-15-18-5-3-2-4-6-18/h2-14H,15H2,1H3,(H,24,25)/b23-13-. The van der Waals surface area contributed by atoms with Crippen LogP contribution in [0.15, 0.2) is 78.0 Å². The molecule has 0 aliphatic carbocycles. The van der Waals surface area contributed by atoms with Crippen LogP contribution in [0.2, 0.25) is 0 Å². The van der Waals surface area contributed by atoms with Crippen molar-refractivity contribution < 1.29 is 9.53 Å². The van der Waals surface area contributed by atoms with Gasteiger partial charge in [0.2, 0.25) is 0 Å². The first-order valence-corrected chi connectivity index (χ1v) is 8.23. The molecule has 5 heteroatoms. The van der Waals surface area contributed by atoms with Crippen LogP contribution in [0, 0.1) is 6.92 Å². The lowest BCUT2D eigenvalue weighted by Gasteiger charge is -2.06. The lowest BCUT2D eigenvalue weighted by atomic mass is 10.2. The van der Waals surface area contributed by atoms with Crippen LogP contribution in [0.1, 0.15) is 27.2 Å². The molecule has 1 amide bonds. The summed E-state index contributed by atoms with van der Waals surface area (Å²) in [4.78, 5) is 16.0. The van der Waals surface area contributed by atoms with Crippen LogP contribution >= 0.6 is 0 Å². The van der Waals surface area contributed by atoms with Gasteiger partial charge in [-0.25, -0.2) is 5.43 Å². The van der Waals surface area contributed by atoms with E-state index in [4.69, 9.17) is 4.74 Å². The van der Waals surface area contributed by atoms with Gasteiger partial charge in [-0.2, -0.15) is 5.10 Å². The summed E-state index contributed by atoms with van der Waals surface area (Å²) in [5.74, 6) is 0.484. The number of carbonyl (C=O) groups excluding carboxylic acids is 1. The number of amides is 1. The van der Waals surface area contributed by atoms with Crippen LogP contribution < -0.4 is 10.2 Å². The van der Waals surface area contributed by atoms with E-state index in [1.54, 1.807) is 18.3 Å². The minimum Gasteiger partial charge on any atom is -0.489 e. The van der Waals surface area contributed by atoms with Crippen LogP contribution in [0.5, 0.6) is 5.75 Å². The zero-order chi connectivity index (χ0) is 18.2. The van der Waals surface area contributed by atoms with Gasteiger partial charge in [-0.05, 0) is 54.4 Å². The molecule has 0 unspecified atom stereocenters. The molecule has 26 heavy (non-hydrogen) atoms. The zero-order valence-corrected chi connectivity index (χ0v) is 14.4. The topological polar surface area (TPSA) is 63.6 Å². The third-order valence-electron chi connectivity index (χ3n) is 3.68. The Labute approximate surface area is 152 Å². The van der Waals surface area contributed by atoms with E-state index in [0.29, 0.717) is 12.2 Å². The molecule has 0 saturated carbocycles. The summed E-state index contributed by atoms with van der Waals surface area (Å²) in [5.41, 5.74) is 5.80. The van der Waals surface area contributed by atoms with Gasteiger partial charge in [-0.15, -0.1) is 0 Å². The molecule has 1 aromatic heterocycles. The Bertz CT molecular complexity index is 873. The number of hydrogen-bond donors (Lipinski definition) is 1. The SMILES string of the molecule is Cc1ccc(C(=O)N/N=C\c2ccc(OCc3ccccc3)cc2)cn1. The van der Waals surface area contributed by atoms with Crippen molar-refractivity contribution in [2.75, 3.05) is 0 Å². The highest BCUT2D eigenvalue weighted by molar-refractivity contribution is 5.94. The number of rotatable bonds is 6. The van der Waals surface area contributed by atoms with E-state index in [0.717, 1.165) is 22.6 Å². The maximum atomic E-state index is 11.9. The van der Waals surface area contributed by atoms with E-state index < -0.39 is 0 Å². The fourth-order valence-corrected chi connectivity index (χ4v) is 2.22. The second-order valence-electron chi connectivity index (χ2n) is 5.73. The highest BCUT2D eigenvalue weighted by atomic mass is 16.5. The fraction of sp³-hybridized carbons (Fsp3) is 0.0952. The van der Waals surface area contributed by atoms with Gasteiger partial charge in [0, 0.05) is 11.9 Å². The number of pyridine rings is 1. The Morgan fingerprint density at radius 1 is 1.08 bits per heavy atom. The quantitative estimate of drug-likeness (QED) is 0.547. The molecular weight excluding hydrogens is 326 g/mol. The number of benzene rings is 2. The highest BCUT2D eigenvalue weighted by Crippen LogP contribution is 2.13. The fourth-order valence-electron chi connectivity index (χ4n) is 2.22. The molecule has 0 fully saturated rings. The van der Waals surface area contributed by atoms with Crippen molar-refractivity contribution >= 4 is 12.1 Å². The first kappa shape index (κ1) is 17.4. The molecule has 5 nitrogen and oxygen atoms in total. The molecule has 0 aliphatic rings. The van der Waals surface area contributed by atoms with E-state index in [9.17, 15) is 4.79 Å². The van der Waals surface area contributed by atoms with Crippen LogP contribution in [0.3, 0.4) is 0 Å². The van der Waals surface area contributed by atoms with E-state index in [1.807, 2.05) is 61.5 Å². The zero-order valence-electron chi connectivity index (χ0n) is 14.4. The van der Waals surface area contributed by atoms with E-state index >= 15 is 0 Å². The average Bonchev–Trinajstić information content (AvgIpc) is 2.68. The van der Waals surface area contributed by atoms with Crippen molar-refractivity contribution in [1.82, 2.24) is 10.4 Å². The third-order valence-corrected chi connectivity index (χ3v) is 3.68. The first-order valence-electron chi connectivity index (χ1n) is 8.23. The molecule has 0 saturated heterocycles. The summed E-state index contributed by atoms with van der Waals surface area (Å²) >= 11 is 0. The van der Waals surface area contributed by atoms with Gasteiger partial charge in [0.15, 0.2) is 0 Å². The second-order valence-corrected chi connectivity index (χ2v) is 5.73. The van der Waals surface area contributed by atoms with Crippen molar-refractivity contribution in [3.63, 3.8) is 0 Å². The molecule has 1 heterocycles. The van der Waals surface area contributed by atoms with Crippen molar-refractivity contribution in [1.29, 1.82) is 0 Å². The highest BCUT2D eigenvalue weighted by Gasteiger charge is 2.03. The number of aryl methyl sites for hydroxylation is 1. The minimum absolute atomic E-state index is 0.295. The number of nitrogens with zero attached hydrogens (tertiary/aromatic N) is 2. The maximum Gasteiger partial charge on any atom is 0.272 e. The lowest BCUT2D eigenvalue weighted by molar-refractivity contribution is 0.0955. The number of hydrogen-bond acceptors (Lipinski definition) is 4. The van der Waals surface area contributed by atoms with Gasteiger partial charge in [-0.3, -0.25) is 9.78 Å². The number of nitrogens with one attached hydrogen (secondary N) is 1. The molecule has 0 spiro atoms. The normalized spacial score (nSPS) is 10.7. The van der Waals surface area contributed by atoms with E-state index in [-0.39, 0.29) is 5.91 Å². The second kappa shape index (κ2) is 8.58. The Morgan fingerprint density at radius 2 is 1.85 bits per heavy atom. The third kappa shape index (κ3) is 5.01. The Hall–Kier alpha value is -3.47. The molecule has 0 aliphatic heterocycles.